The van der Waals surface area contributed by atoms with E-state index < -0.39 is 5.97 Å². The van der Waals surface area contributed by atoms with Gasteiger partial charge in [0.1, 0.15) is 13.2 Å². The number of carbonyl (C=O) groups is 1. The molecular formula is C11H11ClO4. The zero-order valence-electron chi connectivity index (χ0n) is 8.79. The van der Waals surface area contributed by atoms with Crippen LogP contribution in [-0.4, -0.2) is 25.8 Å². The van der Waals surface area contributed by atoms with Crippen molar-refractivity contribution >= 4 is 17.6 Å². The molecule has 1 aromatic carbocycles. The lowest BCUT2D eigenvalue weighted by Crippen LogP contribution is -2.16. The van der Waals surface area contributed by atoms with Gasteiger partial charge in [0.05, 0.1) is 17.2 Å². The van der Waals surface area contributed by atoms with Gasteiger partial charge >= 0.3 is 5.97 Å². The second-order valence-corrected chi connectivity index (χ2v) is 3.60. The summed E-state index contributed by atoms with van der Waals surface area (Å²) in [6, 6.07) is 3.12. The lowest BCUT2D eigenvalue weighted by Gasteiger charge is -2.19. The second-order valence-electron chi connectivity index (χ2n) is 3.20. The Morgan fingerprint density at radius 2 is 2.00 bits per heavy atom. The highest BCUT2D eigenvalue weighted by atomic mass is 35.5. The molecule has 0 spiro atoms. The van der Waals surface area contributed by atoms with E-state index in [2.05, 4.69) is 0 Å². The molecule has 0 radical (unpaired) electrons. The van der Waals surface area contributed by atoms with Crippen LogP contribution in [0.15, 0.2) is 12.1 Å². The third-order valence-corrected chi connectivity index (χ3v) is 2.44. The van der Waals surface area contributed by atoms with Crippen molar-refractivity contribution in [2.24, 2.45) is 0 Å². The fourth-order valence-corrected chi connectivity index (χ4v) is 1.66. The van der Waals surface area contributed by atoms with Crippen molar-refractivity contribution in [3.05, 3.63) is 22.7 Å². The number of ether oxygens (including phenoxy) is 3. The first-order valence-electron chi connectivity index (χ1n) is 4.98. The smallest absolute Gasteiger partial charge is 0.339 e. The normalized spacial score (nSPS) is 13.4. The van der Waals surface area contributed by atoms with Crippen molar-refractivity contribution in [1.82, 2.24) is 0 Å². The fraction of sp³-hybridized carbons (Fsp3) is 0.364. The summed E-state index contributed by atoms with van der Waals surface area (Å²) in [4.78, 5) is 11.5. The number of rotatable bonds is 2. The number of hydrogen-bond acceptors (Lipinski definition) is 4. The minimum Gasteiger partial charge on any atom is -0.486 e. The third kappa shape index (κ3) is 2.07. The lowest BCUT2D eigenvalue weighted by molar-refractivity contribution is 0.0525. The average Bonchev–Trinajstić information content (AvgIpc) is 2.28. The molecule has 0 bridgehead atoms. The summed E-state index contributed by atoms with van der Waals surface area (Å²) in [5.74, 6) is 0.632. The first-order chi connectivity index (χ1) is 7.72. The summed E-state index contributed by atoms with van der Waals surface area (Å²) < 4.78 is 15.6. The fourth-order valence-electron chi connectivity index (χ4n) is 1.43. The van der Waals surface area contributed by atoms with E-state index in [-0.39, 0.29) is 0 Å². The highest BCUT2D eigenvalue weighted by Gasteiger charge is 2.19. The molecule has 0 atom stereocenters. The quantitative estimate of drug-likeness (QED) is 0.747. The maximum absolute atomic E-state index is 11.5. The van der Waals surface area contributed by atoms with Crippen LogP contribution in [0.5, 0.6) is 11.5 Å². The van der Waals surface area contributed by atoms with Gasteiger partial charge in [-0.3, -0.25) is 0 Å². The van der Waals surface area contributed by atoms with Crippen LogP contribution in [0.4, 0.5) is 0 Å². The van der Waals surface area contributed by atoms with E-state index in [9.17, 15) is 4.79 Å². The predicted octanol–water partition coefficient (Wildman–Crippen LogP) is 2.29. The number of esters is 1. The van der Waals surface area contributed by atoms with Crippen LogP contribution in [0.3, 0.4) is 0 Å². The number of benzene rings is 1. The third-order valence-electron chi connectivity index (χ3n) is 2.13. The van der Waals surface area contributed by atoms with Gasteiger partial charge < -0.3 is 14.2 Å². The molecule has 5 heteroatoms. The van der Waals surface area contributed by atoms with Crippen LogP contribution in [-0.2, 0) is 4.74 Å². The van der Waals surface area contributed by atoms with Crippen molar-refractivity contribution in [3.63, 3.8) is 0 Å². The summed E-state index contributed by atoms with van der Waals surface area (Å²) in [7, 11) is 0. The Labute approximate surface area is 98.1 Å². The topological polar surface area (TPSA) is 44.8 Å². The Hall–Kier alpha value is -1.42. The molecule has 86 valence electrons. The van der Waals surface area contributed by atoms with E-state index >= 15 is 0 Å². The molecule has 16 heavy (non-hydrogen) atoms. The van der Waals surface area contributed by atoms with Gasteiger partial charge in [-0.2, -0.15) is 0 Å². The van der Waals surface area contributed by atoms with Gasteiger partial charge in [0, 0.05) is 12.1 Å². The highest BCUT2D eigenvalue weighted by Crippen LogP contribution is 2.35. The largest absolute Gasteiger partial charge is 0.486 e. The molecule has 0 N–H and O–H groups in total. The highest BCUT2D eigenvalue weighted by molar-refractivity contribution is 6.33. The van der Waals surface area contributed by atoms with E-state index in [0.717, 1.165) is 0 Å². The van der Waals surface area contributed by atoms with Gasteiger partial charge in [-0.25, -0.2) is 4.79 Å². The molecule has 0 aliphatic carbocycles. The van der Waals surface area contributed by atoms with Crippen molar-refractivity contribution < 1.29 is 19.0 Å². The van der Waals surface area contributed by atoms with E-state index in [1.54, 1.807) is 19.1 Å². The van der Waals surface area contributed by atoms with Gasteiger partial charge in [-0.15, -0.1) is 0 Å². The van der Waals surface area contributed by atoms with Crippen molar-refractivity contribution in [2.45, 2.75) is 6.92 Å². The van der Waals surface area contributed by atoms with Crippen molar-refractivity contribution in [2.75, 3.05) is 19.8 Å². The Morgan fingerprint density at radius 3 is 2.62 bits per heavy atom. The van der Waals surface area contributed by atoms with E-state index in [0.29, 0.717) is 41.9 Å². The van der Waals surface area contributed by atoms with Crippen LogP contribution in [0.25, 0.3) is 0 Å². The minimum absolute atomic E-state index is 0.299. The van der Waals surface area contributed by atoms with Gasteiger partial charge in [0.15, 0.2) is 11.5 Å². The zero-order valence-corrected chi connectivity index (χ0v) is 9.54. The van der Waals surface area contributed by atoms with Gasteiger partial charge in [0.25, 0.3) is 0 Å². The van der Waals surface area contributed by atoms with Crippen molar-refractivity contribution in [3.8, 4) is 11.5 Å². The first kappa shape index (κ1) is 11.1. The van der Waals surface area contributed by atoms with Crippen LogP contribution in [0.1, 0.15) is 17.3 Å². The maximum Gasteiger partial charge on any atom is 0.339 e. The Balaban J connectivity index is 2.35. The number of fused-ring (bicyclic) bond motifs is 1. The molecule has 2 rings (SSSR count). The number of halogens is 1. The standard InChI is InChI=1S/C11H11ClO4/c1-2-14-11(13)7-5-9-10(6-8(7)12)16-4-3-15-9/h5-6H,2-4H2,1H3. The van der Waals surface area contributed by atoms with Gasteiger partial charge in [-0.05, 0) is 6.92 Å². The average molecular weight is 243 g/mol. The summed E-state index contributed by atoms with van der Waals surface area (Å²) >= 11 is 5.96. The molecule has 0 fully saturated rings. The molecule has 0 unspecified atom stereocenters. The van der Waals surface area contributed by atoms with Crippen LogP contribution >= 0.6 is 11.6 Å². The van der Waals surface area contributed by atoms with Crippen LogP contribution < -0.4 is 9.47 Å². The molecule has 4 nitrogen and oxygen atoms in total. The molecule has 0 saturated carbocycles. The molecule has 1 aliphatic rings. The Kier molecular flexibility index (Phi) is 3.19. The lowest BCUT2D eigenvalue weighted by atomic mass is 10.2. The molecular weight excluding hydrogens is 232 g/mol. The Morgan fingerprint density at radius 1 is 1.38 bits per heavy atom. The number of carbonyl (C=O) groups excluding carboxylic acids is 1. The van der Waals surface area contributed by atoms with E-state index in [4.69, 9.17) is 25.8 Å². The van der Waals surface area contributed by atoms with Gasteiger partial charge in [-0.1, -0.05) is 11.6 Å². The summed E-state index contributed by atoms with van der Waals surface area (Å²) in [5, 5.41) is 0.308. The van der Waals surface area contributed by atoms with E-state index in [1.807, 2.05) is 0 Å². The number of hydrogen-bond donors (Lipinski definition) is 0. The van der Waals surface area contributed by atoms with Gasteiger partial charge in [0.2, 0.25) is 0 Å². The molecule has 0 aromatic heterocycles. The van der Waals surface area contributed by atoms with Crippen LogP contribution in [0.2, 0.25) is 5.02 Å². The first-order valence-corrected chi connectivity index (χ1v) is 5.36. The second kappa shape index (κ2) is 4.61. The predicted molar refractivity (Wildman–Crippen MR) is 58.4 cm³/mol. The minimum atomic E-state index is -0.454. The summed E-state index contributed by atoms with van der Waals surface area (Å²) in [5.41, 5.74) is 0.299. The summed E-state index contributed by atoms with van der Waals surface area (Å²) in [6.07, 6.45) is 0. The zero-order chi connectivity index (χ0) is 11.5. The Bertz CT molecular complexity index is 417. The molecule has 1 aliphatic heterocycles. The molecule has 1 aromatic rings. The van der Waals surface area contributed by atoms with Crippen molar-refractivity contribution in [1.29, 1.82) is 0 Å². The molecule has 1 heterocycles. The maximum atomic E-state index is 11.5. The van der Waals surface area contributed by atoms with E-state index in [1.165, 1.54) is 0 Å². The molecule has 0 saturated heterocycles. The molecule has 0 amide bonds. The summed E-state index contributed by atoms with van der Waals surface area (Å²) in [6.45, 7) is 3.01. The SMILES string of the molecule is CCOC(=O)c1cc2c(cc1Cl)OCCO2. The monoisotopic (exact) mass is 242 g/mol. The van der Waals surface area contributed by atoms with Crippen LogP contribution in [0, 0.1) is 0 Å².